The lowest BCUT2D eigenvalue weighted by Gasteiger charge is -2.21. The van der Waals surface area contributed by atoms with E-state index in [-0.39, 0.29) is 11.7 Å². The van der Waals surface area contributed by atoms with Crippen molar-refractivity contribution in [3.8, 4) is 5.75 Å². The lowest BCUT2D eigenvalue weighted by Crippen LogP contribution is -2.34. The minimum absolute atomic E-state index is 0.100. The van der Waals surface area contributed by atoms with E-state index in [4.69, 9.17) is 15.7 Å². The molecule has 6 nitrogen and oxygen atoms in total. The number of oxime groups is 1. The zero-order valence-corrected chi connectivity index (χ0v) is 12.1. The highest BCUT2D eigenvalue weighted by Crippen LogP contribution is 2.20. The molecule has 0 radical (unpaired) electrons. The van der Waals surface area contributed by atoms with Crippen molar-refractivity contribution >= 4 is 11.7 Å². The van der Waals surface area contributed by atoms with Gasteiger partial charge in [0.2, 0.25) is 0 Å². The number of benzene rings is 1. The van der Waals surface area contributed by atoms with Crippen LogP contribution in [0.2, 0.25) is 0 Å². The fraction of sp³-hybridized carbons (Fsp3) is 0.429. The topological polar surface area (TPSA) is 88.1 Å². The third kappa shape index (κ3) is 3.88. The Balaban J connectivity index is 2.85. The maximum absolute atomic E-state index is 12.4. The summed E-state index contributed by atoms with van der Waals surface area (Å²) in [6.45, 7) is 4.76. The van der Waals surface area contributed by atoms with Gasteiger partial charge in [-0.1, -0.05) is 11.2 Å². The third-order valence-electron chi connectivity index (χ3n) is 3.09. The highest BCUT2D eigenvalue weighted by Gasteiger charge is 2.15. The maximum atomic E-state index is 12.4. The number of carbonyl (C=O) groups excluding carboxylic acids is 1. The number of methoxy groups -OCH3 is 1. The van der Waals surface area contributed by atoms with E-state index in [0.29, 0.717) is 30.8 Å². The van der Waals surface area contributed by atoms with E-state index in [1.165, 1.54) is 0 Å². The van der Waals surface area contributed by atoms with Crippen LogP contribution in [0.15, 0.2) is 23.4 Å². The Hall–Kier alpha value is -2.24. The molecule has 0 aliphatic heterocycles. The number of hydrogen-bond donors (Lipinski definition) is 2. The van der Waals surface area contributed by atoms with Crippen LogP contribution in [0.4, 0.5) is 0 Å². The molecule has 0 saturated carbocycles. The molecule has 1 rings (SSSR count). The molecule has 20 heavy (non-hydrogen) atoms. The Morgan fingerprint density at radius 3 is 2.75 bits per heavy atom. The van der Waals surface area contributed by atoms with Crippen molar-refractivity contribution in [3.63, 3.8) is 0 Å². The molecule has 0 saturated heterocycles. The van der Waals surface area contributed by atoms with Crippen LogP contribution >= 0.6 is 0 Å². The van der Waals surface area contributed by atoms with Crippen LogP contribution in [-0.2, 0) is 0 Å². The van der Waals surface area contributed by atoms with Crippen LogP contribution in [0.1, 0.15) is 29.3 Å². The largest absolute Gasteiger partial charge is 0.496 e. The van der Waals surface area contributed by atoms with E-state index in [1.807, 2.05) is 19.9 Å². The molecule has 0 atom stereocenters. The number of aryl methyl sites for hydroxylation is 1. The highest BCUT2D eigenvalue weighted by atomic mass is 16.5. The molecule has 0 bridgehead atoms. The van der Waals surface area contributed by atoms with Crippen molar-refractivity contribution in [2.24, 2.45) is 10.9 Å². The van der Waals surface area contributed by atoms with Gasteiger partial charge in [0.25, 0.3) is 5.91 Å². The van der Waals surface area contributed by atoms with Crippen LogP contribution in [0.3, 0.4) is 0 Å². The number of amidine groups is 1. The highest BCUT2D eigenvalue weighted by molar-refractivity contribution is 5.95. The summed E-state index contributed by atoms with van der Waals surface area (Å²) in [5, 5.41) is 11.4. The lowest BCUT2D eigenvalue weighted by atomic mass is 10.1. The van der Waals surface area contributed by atoms with Crippen LogP contribution in [0, 0.1) is 6.92 Å². The molecular formula is C14H21N3O3. The summed E-state index contributed by atoms with van der Waals surface area (Å²) in [5.41, 5.74) is 6.96. The molecule has 0 spiro atoms. The molecule has 110 valence electrons. The minimum Gasteiger partial charge on any atom is -0.496 e. The van der Waals surface area contributed by atoms with Gasteiger partial charge in [-0.2, -0.15) is 0 Å². The summed E-state index contributed by atoms with van der Waals surface area (Å²) in [5.74, 6) is 0.692. The van der Waals surface area contributed by atoms with Gasteiger partial charge in [0.15, 0.2) is 0 Å². The quantitative estimate of drug-likeness (QED) is 0.358. The van der Waals surface area contributed by atoms with Gasteiger partial charge in [0, 0.05) is 25.1 Å². The van der Waals surface area contributed by atoms with Crippen molar-refractivity contribution in [1.82, 2.24) is 4.90 Å². The van der Waals surface area contributed by atoms with Gasteiger partial charge in [-0.05, 0) is 31.5 Å². The summed E-state index contributed by atoms with van der Waals surface area (Å²) in [7, 11) is 1.58. The molecule has 1 aromatic carbocycles. The van der Waals surface area contributed by atoms with Crippen LogP contribution < -0.4 is 10.5 Å². The standard InChI is InChI=1S/C14H21N3O3/c1-4-17(8-7-13(15)16-19)14(18)11-6-5-10(2)12(9-11)20-3/h5-6,9,19H,4,7-8H2,1-3H3,(H2,15,16). The Morgan fingerprint density at radius 1 is 1.50 bits per heavy atom. The molecule has 0 fully saturated rings. The summed E-state index contributed by atoms with van der Waals surface area (Å²) in [6.07, 6.45) is 0.332. The van der Waals surface area contributed by atoms with Crippen molar-refractivity contribution in [2.45, 2.75) is 20.3 Å². The molecule has 0 unspecified atom stereocenters. The van der Waals surface area contributed by atoms with Gasteiger partial charge in [-0.25, -0.2) is 0 Å². The number of amides is 1. The van der Waals surface area contributed by atoms with Gasteiger partial charge < -0.3 is 20.6 Å². The van der Waals surface area contributed by atoms with Crippen molar-refractivity contribution < 1.29 is 14.7 Å². The van der Waals surface area contributed by atoms with Crippen LogP contribution in [-0.4, -0.2) is 42.0 Å². The normalized spacial score (nSPS) is 11.2. The molecule has 0 aliphatic rings. The molecule has 3 N–H and O–H groups in total. The number of hydrogen-bond acceptors (Lipinski definition) is 4. The van der Waals surface area contributed by atoms with Gasteiger partial charge in [-0.3, -0.25) is 4.79 Å². The van der Waals surface area contributed by atoms with Crippen LogP contribution in [0.25, 0.3) is 0 Å². The number of nitrogens with zero attached hydrogens (tertiary/aromatic N) is 2. The van der Waals surface area contributed by atoms with E-state index in [9.17, 15) is 4.79 Å². The van der Waals surface area contributed by atoms with Crippen molar-refractivity contribution in [3.05, 3.63) is 29.3 Å². The van der Waals surface area contributed by atoms with Crippen molar-refractivity contribution in [1.29, 1.82) is 0 Å². The van der Waals surface area contributed by atoms with Gasteiger partial charge in [0.1, 0.15) is 11.6 Å². The maximum Gasteiger partial charge on any atom is 0.253 e. The number of carbonyl (C=O) groups is 1. The first kappa shape index (κ1) is 15.8. The lowest BCUT2D eigenvalue weighted by molar-refractivity contribution is 0.0768. The Morgan fingerprint density at radius 2 is 2.20 bits per heavy atom. The zero-order chi connectivity index (χ0) is 15.1. The van der Waals surface area contributed by atoms with E-state index in [2.05, 4.69) is 5.16 Å². The first-order valence-electron chi connectivity index (χ1n) is 6.43. The summed E-state index contributed by atoms with van der Waals surface area (Å²) in [6, 6.07) is 5.35. The predicted octanol–water partition coefficient (Wildman–Crippen LogP) is 1.60. The van der Waals surface area contributed by atoms with E-state index < -0.39 is 0 Å². The summed E-state index contributed by atoms with van der Waals surface area (Å²) >= 11 is 0. The molecule has 6 heteroatoms. The van der Waals surface area contributed by atoms with Gasteiger partial charge in [-0.15, -0.1) is 0 Å². The van der Waals surface area contributed by atoms with Gasteiger partial charge >= 0.3 is 0 Å². The second-order valence-electron chi connectivity index (χ2n) is 4.41. The fourth-order valence-electron chi connectivity index (χ4n) is 1.84. The summed E-state index contributed by atoms with van der Waals surface area (Å²) < 4.78 is 5.22. The first-order chi connectivity index (χ1) is 9.53. The van der Waals surface area contributed by atoms with E-state index in [1.54, 1.807) is 24.1 Å². The minimum atomic E-state index is -0.100. The SMILES string of the molecule is CCN(CCC(N)=NO)C(=O)c1ccc(C)c(OC)c1. The van der Waals surface area contributed by atoms with Crippen LogP contribution in [0.5, 0.6) is 5.75 Å². The number of rotatable bonds is 6. The van der Waals surface area contributed by atoms with E-state index >= 15 is 0 Å². The second-order valence-corrected chi connectivity index (χ2v) is 4.41. The average molecular weight is 279 g/mol. The molecule has 1 amide bonds. The number of ether oxygens (including phenoxy) is 1. The predicted molar refractivity (Wildman–Crippen MR) is 77.3 cm³/mol. The molecule has 0 heterocycles. The first-order valence-corrected chi connectivity index (χ1v) is 6.43. The molecular weight excluding hydrogens is 258 g/mol. The molecule has 0 aromatic heterocycles. The smallest absolute Gasteiger partial charge is 0.253 e. The number of nitrogens with two attached hydrogens (primary N) is 1. The Bertz CT molecular complexity index is 500. The van der Waals surface area contributed by atoms with Gasteiger partial charge in [0.05, 0.1) is 7.11 Å². The van der Waals surface area contributed by atoms with Crippen molar-refractivity contribution in [2.75, 3.05) is 20.2 Å². The third-order valence-corrected chi connectivity index (χ3v) is 3.09. The zero-order valence-electron chi connectivity index (χ0n) is 12.1. The Labute approximate surface area is 118 Å². The van der Waals surface area contributed by atoms with E-state index in [0.717, 1.165) is 5.56 Å². The molecule has 1 aromatic rings. The fourth-order valence-corrected chi connectivity index (χ4v) is 1.84. The molecule has 0 aliphatic carbocycles. The average Bonchev–Trinajstić information content (AvgIpc) is 2.47. The second kappa shape index (κ2) is 7.37. The summed E-state index contributed by atoms with van der Waals surface area (Å²) in [4.78, 5) is 14.0. The monoisotopic (exact) mass is 279 g/mol. The Kier molecular flexibility index (Phi) is 5.83.